The molecule has 2 aromatic rings. The largest absolute Gasteiger partial charge is 0.493 e. The summed E-state index contributed by atoms with van der Waals surface area (Å²) in [4.78, 5) is 12.3. The fourth-order valence-electron chi connectivity index (χ4n) is 2.01. The van der Waals surface area contributed by atoms with E-state index in [1.807, 2.05) is 31.2 Å². The highest BCUT2D eigenvalue weighted by Crippen LogP contribution is 2.36. The summed E-state index contributed by atoms with van der Waals surface area (Å²) in [6.07, 6.45) is -0.844. The molecule has 0 spiro atoms. The zero-order chi connectivity index (χ0) is 17.7. The lowest BCUT2D eigenvalue weighted by molar-refractivity contribution is -0.141. The standard InChI is InChI=1S/C18H16ClNO4/c1-11-5-4-6-14(7-11)23-12(2)18(21)24-17-15(19)8-13(10-20)9-16(17)22-3/h4-9,12H,1-3H3/t12-/m1/s1. The maximum absolute atomic E-state index is 12.3. The topological polar surface area (TPSA) is 68.5 Å². The molecular weight excluding hydrogens is 330 g/mol. The van der Waals surface area contributed by atoms with E-state index in [4.69, 9.17) is 31.1 Å². The minimum Gasteiger partial charge on any atom is -0.493 e. The van der Waals surface area contributed by atoms with Crippen LogP contribution in [-0.4, -0.2) is 19.2 Å². The van der Waals surface area contributed by atoms with Gasteiger partial charge in [-0.2, -0.15) is 5.26 Å². The van der Waals surface area contributed by atoms with Crippen LogP contribution in [0.4, 0.5) is 0 Å². The average Bonchev–Trinajstić information content (AvgIpc) is 2.56. The van der Waals surface area contributed by atoms with Crippen molar-refractivity contribution >= 4 is 17.6 Å². The SMILES string of the molecule is COc1cc(C#N)cc(Cl)c1OC(=O)[C@@H](C)Oc1cccc(C)c1. The van der Waals surface area contributed by atoms with Crippen molar-refractivity contribution in [3.8, 4) is 23.3 Å². The molecule has 0 fully saturated rings. The number of carbonyl (C=O) groups is 1. The molecule has 0 radical (unpaired) electrons. The number of nitriles is 1. The second-order valence-corrected chi connectivity index (χ2v) is 5.51. The molecule has 0 saturated carbocycles. The van der Waals surface area contributed by atoms with Crippen LogP contribution in [0.3, 0.4) is 0 Å². The molecule has 1 atom stereocenters. The van der Waals surface area contributed by atoms with E-state index < -0.39 is 12.1 Å². The molecule has 0 unspecified atom stereocenters. The van der Waals surface area contributed by atoms with Crippen LogP contribution < -0.4 is 14.2 Å². The number of hydrogen-bond acceptors (Lipinski definition) is 5. The van der Waals surface area contributed by atoms with Gasteiger partial charge in [0.25, 0.3) is 0 Å². The number of halogens is 1. The molecule has 24 heavy (non-hydrogen) atoms. The summed E-state index contributed by atoms with van der Waals surface area (Å²) in [5.41, 5.74) is 1.32. The van der Waals surface area contributed by atoms with Crippen molar-refractivity contribution in [1.29, 1.82) is 5.26 Å². The van der Waals surface area contributed by atoms with Crippen LogP contribution in [0.5, 0.6) is 17.2 Å². The minimum atomic E-state index is -0.844. The Hall–Kier alpha value is -2.71. The summed E-state index contributed by atoms with van der Waals surface area (Å²) >= 11 is 6.07. The summed E-state index contributed by atoms with van der Waals surface area (Å²) in [6, 6.07) is 12.1. The number of aryl methyl sites for hydroxylation is 1. The van der Waals surface area contributed by atoms with E-state index in [9.17, 15) is 4.79 Å². The zero-order valence-corrected chi connectivity index (χ0v) is 14.3. The average molecular weight is 346 g/mol. The third-order valence-corrected chi connectivity index (χ3v) is 3.48. The summed E-state index contributed by atoms with van der Waals surface area (Å²) in [6.45, 7) is 3.51. The second-order valence-electron chi connectivity index (χ2n) is 5.10. The van der Waals surface area contributed by atoms with Crippen molar-refractivity contribution in [1.82, 2.24) is 0 Å². The first-order valence-electron chi connectivity index (χ1n) is 7.17. The fourth-order valence-corrected chi connectivity index (χ4v) is 2.26. The Bertz CT molecular complexity index is 798. The number of hydrogen-bond donors (Lipinski definition) is 0. The van der Waals surface area contributed by atoms with Gasteiger partial charge in [-0.3, -0.25) is 0 Å². The van der Waals surface area contributed by atoms with Crippen molar-refractivity contribution in [3.05, 3.63) is 52.5 Å². The molecule has 0 aliphatic rings. The van der Waals surface area contributed by atoms with Gasteiger partial charge in [0.05, 0.1) is 23.8 Å². The molecule has 0 N–H and O–H groups in total. The summed E-state index contributed by atoms with van der Waals surface area (Å²) in [5, 5.41) is 9.05. The Kier molecular flexibility index (Phi) is 5.67. The Morgan fingerprint density at radius 2 is 2.04 bits per heavy atom. The number of rotatable bonds is 5. The summed E-state index contributed by atoms with van der Waals surface area (Å²) < 4.78 is 16.0. The van der Waals surface area contributed by atoms with Crippen LogP contribution in [-0.2, 0) is 4.79 Å². The van der Waals surface area contributed by atoms with Gasteiger partial charge in [0.15, 0.2) is 17.6 Å². The van der Waals surface area contributed by atoms with Crippen molar-refractivity contribution < 1.29 is 19.0 Å². The molecule has 5 nitrogen and oxygen atoms in total. The van der Waals surface area contributed by atoms with E-state index in [1.165, 1.54) is 19.2 Å². The smallest absolute Gasteiger partial charge is 0.352 e. The molecule has 0 amide bonds. The number of ether oxygens (including phenoxy) is 3. The van der Waals surface area contributed by atoms with E-state index in [0.717, 1.165) is 5.56 Å². The normalized spacial score (nSPS) is 11.3. The maximum Gasteiger partial charge on any atom is 0.352 e. The van der Waals surface area contributed by atoms with Gasteiger partial charge in [-0.1, -0.05) is 23.7 Å². The Morgan fingerprint density at radius 1 is 1.29 bits per heavy atom. The van der Waals surface area contributed by atoms with Crippen LogP contribution in [0.25, 0.3) is 0 Å². The molecule has 0 aliphatic heterocycles. The number of esters is 1. The monoisotopic (exact) mass is 345 g/mol. The fraction of sp³-hybridized carbons (Fsp3) is 0.222. The molecule has 2 aromatic carbocycles. The highest BCUT2D eigenvalue weighted by atomic mass is 35.5. The van der Waals surface area contributed by atoms with Crippen LogP contribution in [0, 0.1) is 18.3 Å². The second kappa shape index (κ2) is 7.71. The number of methoxy groups -OCH3 is 1. The molecule has 0 heterocycles. The predicted molar refractivity (Wildman–Crippen MR) is 89.6 cm³/mol. The molecule has 2 rings (SSSR count). The van der Waals surface area contributed by atoms with Gasteiger partial charge in [0, 0.05) is 6.07 Å². The van der Waals surface area contributed by atoms with Gasteiger partial charge >= 0.3 is 5.97 Å². The highest BCUT2D eigenvalue weighted by Gasteiger charge is 2.22. The molecule has 6 heteroatoms. The van der Waals surface area contributed by atoms with E-state index in [1.54, 1.807) is 13.0 Å². The van der Waals surface area contributed by atoms with E-state index in [2.05, 4.69) is 0 Å². The number of nitrogens with zero attached hydrogens (tertiary/aromatic N) is 1. The van der Waals surface area contributed by atoms with E-state index >= 15 is 0 Å². The van der Waals surface area contributed by atoms with Gasteiger partial charge < -0.3 is 14.2 Å². The van der Waals surface area contributed by atoms with Crippen molar-refractivity contribution in [2.75, 3.05) is 7.11 Å². The Morgan fingerprint density at radius 3 is 2.67 bits per heavy atom. The summed E-state index contributed by atoms with van der Waals surface area (Å²) in [7, 11) is 1.40. The minimum absolute atomic E-state index is 0.0582. The third kappa shape index (κ3) is 4.18. The first-order chi connectivity index (χ1) is 11.4. The van der Waals surface area contributed by atoms with Crippen LogP contribution >= 0.6 is 11.6 Å². The van der Waals surface area contributed by atoms with Crippen LogP contribution in [0.2, 0.25) is 5.02 Å². The lowest BCUT2D eigenvalue weighted by Crippen LogP contribution is -2.28. The maximum atomic E-state index is 12.3. The van der Waals surface area contributed by atoms with Crippen molar-refractivity contribution in [2.24, 2.45) is 0 Å². The molecule has 124 valence electrons. The third-order valence-electron chi connectivity index (χ3n) is 3.20. The predicted octanol–water partition coefficient (Wildman–Crippen LogP) is 3.90. The van der Waals surface area contributed by atoms with E-state index in [0.29, 0.717) is 11.3 Å². The quantitative estimate of drug-likeness (QED) is 0.607. The number of benzene rings is 2. The molecular formula is C18H16ClNO4. The van der Waals surface area contributed by atoms with E-state index in [-0.39, 0.29) is 16.5 Å². The van der Waals surface area contributed by atoms with Crippen LogP contribution in [0.1, 0.15) is 18.1 Å². The van der Waals surface area contributed by atoms with Gasteiger partial charge in [0.1, 0.15) is 5.75 Å². The molecule has 0 saturated heterocycles. The Labute approximate surface area is 145 Å². The van der Waals surface area contributed by atoms with Gasteiger partial charge in [0.2, 0.25) is 0 Å². The lowest BCUT2D eigenvalue weighted by Gasteiger charge is -2.16. The van der Waals surface area contributed by atoms with Crippen molar-refractivity contribution in [2.45, 2.75) is 20.0 Å². The van der Waals surface area contributed by atoms with Gasteiger partial charge in [-0.15, -0.1) is 0 Å². The molecule has 0 aliphatic carbocycles. The molecule has 0 aromatic heterocycles. The van der Waals surface area contributed by atoms with Crippen molar-refractivity contribution in [3.63, 3.8) is 0 Å². The Balaban J connectivity index is 2.16. The first-order valence-corrected chi connectivity index (χ1v) is 7.55. The van der Waals surface area contributed by atoms with Gasteiger partial charge in [-0.25, -0.2) is 4.79 Å². The zero-order valence-electron chi connectivity index (χ0n) is 13.5. The highest BCUT2D eigenvalue weighted by molar-refractivity contribution is 6.32. The summed E-state index contributed by atoms with van der Waals surface area (Å²) in [5.74, 6) is 0.205. The first kappa shape index (κ1) is 17.6. The number of carbonyl (C=O) groups excluding carboxylic acids is 1. The van der Waals surface area contributed by atoms with Gasteiger partial charge in [-0.05, 0) is 37.6 Å². The molecule has 0 bridgehead atoms. The lowest BCUT2D eigenvalue weighted by atomic mass is 10.2. The van der Waals surface area contributed by atoms with Crippen LogP contribution in [0.15, 0.2) is 36.4 Å².